The molecule has 3 aliphatic rings. The molecule has 2 N–H and O–H groups in total. The van der Waals surface area contributed by atoms with Crippen molar-refractivity contribution in [1.82, 2.24) is 15.1 Å². The highest BCUT2D eigenvalue weighted by Gasteiger charge is 2.62. The first-order chi connectivity index (χ1) is 17.4. The number of nitrogens with one attached hydrogen (secondary N) is 1. The maximum absolute atomic E-state index is 13.7. The second-order valence-electron chi connectivity index (χ2n) is 9.88. The van der Waals surface area contributed by atoms with E-state index in [1.807, 2.05) is 30.3 Å². The lowest BCUT2D eigenvalue weighted by atomic mass is 10.1. The van der Waals surface area contributed by atoms with Gasteiger partial charge in [0.05, 0.1) is 19.8 Å². The molecule has 9 heteroatoms. The van der Waals surface area contributed by atoms with Crippen LogP contribution >= 0.6 is 0 Å². The highest BCUT2D eigenvalue weighted by molar-refractivity contribution is 5.95. The van der Waals surface area contributed by atoms with Crippen molar-refractivity contribution in [2.75, 3.05) is 26.8 Å². The molecule has 1 saturated heterocycles. The van der Waals surface area contributed by atoms with E-state index in [9.17, 15) is 19.5 Å². The van der Waals surface area contributed by atoms with Crippen molar-refractivity contribution in [3.63, 3.8) is 0 Å². The summed E-state index contributed by atoms with van der Waals surface area (Å²) in [6.07, 6.45) is 7.50. The molecule has 2 aliphatic heterocycles. The number of allylic oxidation sites excluding steroid dienone is 1. The second kappa shape index (κ2) is 11.3. The van der Waals surface area contributed by atoms with Gasteiger partial charge >= 0.3 is 12.0 Å². The summed E-state index contributed by atoms with van der Waals surface area (Å²) >= 11 is 0. The minimum Gasteiger partial charge on any atom is -0.497 e. The van der Waals surface area contributed by atoms with Crippen LogP contribution in [0.4, 0.5) is 4.79 Å². The number of urea groups is 1. The Hall–Kier alpha value is -3.07. The van der Waals surface area contributed by atoms with Crippen molar-refractivity contribution >= 4 is 17.9 Å². The Morgan fingerprint density at radius 2 is 1.97 bits per heavy atom. The molecule has 3 amide bonds. The second-order valence-corrected chi connectivity index (χ2v) is 9.88. The number of esters is 1. The minimum atomic E-state index is -1.10. The average Bonchev–Trinajstić information content (AvgIpc) is 3.42. The number of hydrogen-bond acceptors (Lipinski definition) is 6. The van der Waals surface area contributed by atoms with Gasteiger partial charge in [0.2, 0.25) is 5.91 Å². The molecule has 4 rings (SSSR count). The highest BCUT2D eigenvalue weighted by atomic mass is 16.5. The fraction of sp³-hybridized carbons (Fsp3) is 0.593. The Morgan fingerprint density at radius 1 is 1.19 bits per heavy atom. The van der Waals surface area contributed by atoms with Crippen LogP contribution in [0.5, 0.6) is 5.75 Å². The number of benzene rings is 1. The van der Waals surface area contributed by atoms with Gasteiger partial charge < -0.3 is 29.7 Å². The van der Waals surface area contributed by atoms with Crippen molar-refractivity contribution in [3.8, 4) is 5.75 Å². The van der Waals surface area contributed by atoms with Gasteiger partial charge in [0.1, 0.15) is 17.3 Å². The first kappa shape index (κ1) is 26.0. The van der Waals surface area contributed by atoms with Gasteiger partial charge in [-0.15, -0.1) is 0 Å². The number of carbonyl (C=O) groups is 3. The largest absolute Gasteiger partial charge is 0.497 e. The molecule has 1 saturated carbocycles. The molecule has 0 spiro atoms. The van der Waals surface area contributed by atoms with Gasteiger partial charge in [-0.3, -0.25) is 4.79 Å². The first-order valence-electron chi connectivity index (χ1n) is 12.9. The third kappa shape index (κ3) is 5.67. The van der Waals surface area contributed by atoms with Crippen LogP contribution in [0.2, 0.25) is 0 Å². The van der Waals surface area contributed by atoms with E-state index >= 15 is 0 Å². The number of methoxy groups -OCH3 is 1. The molecule has 0 unspecified atom stereocenters. The number of nitrogens with zero attached hydrogens (tertiary/aromatic N) is 2. The van der Waals surface area contributed by atoms with Crippen LogP contribution in [0.1, 0.15) is 51.0 Å². The van der Waals surface area contributed by atoms with Crippen LogP contribution in [-0.2, 0) is 20.9 Å². The van der Waals surface area contributed by atoms with Gasteiger partial charge in [-0.1, -0.05) is 30.7 Å². The van der Waals surface area contributed by atoms with E-state index in [0.717, 1.165) is 37.0 Å². The fourth-order valence-corrected chi connectivity index (χ4v) is 5.16. The van der Waals surface area contributed by atoms with Crippen molar-refractivity contribution in [1.29, 1.82) is 0 Å². The van der Waals surface area contributed by atoms with E-state index in [-0.39, 0.29) is 31.5 Å². The Bertz CT molecular complexity index is 980. The van der Waals surface area contributed by atoms with E-state index in [1.165, 1.54) is 4.90 Å². The summed E-state index contributed by atoms with van der Waals surface area (Å²) in [6, 6.07) is 6.42. The number of ether oxygens (including phenoxy) is 2. The molecule has 4 atom stereocenters. The third-order valence-electron chi connectivity index (χ3n) is 7.30. The molecule has 0 bridgehead atoms. The lowest BCUT2D eigenvalue weighted by Gasteiger charge is -2.32. The van der Waals surface area contributed by atoms with Crippen molar-refractivity contribution in [2.24, 2.45) is 5.92 Å². The van der Waals surface area contributed by atoms with Crippen LogP contribution in [0.3, 0.4) is 0 Å². The lowest BCUT2D eigenvalue weighted by Crippen LogP contribution is -2.55. The molecule has 1 aliphatic carbocycles. The summed E-state index contributed by atoms with van der Waals surface area (Å²) in [7, 11) is 1.61. The molecular formula is C27H37N3O6. The molecule has 36 heavy (non-hydrogen) atoms. The molecule has 0 radical (unpaired) electrons. The molecule has 1 aromatic rings. The van der Waals surface area contributed by atoms with E-state index in [0.29, 0.717) is 19.5 Å². The zero-order valence-electron chi connectivity index (χ0n) is 21.2. The van der Waals surface area contributed by atoms with Gasteiger partial charge in [-0.25, -0.2) is 9.59 Å². The number of amides is 3. The fourth-order valence-electron chi connectivity index (χ4n) is 5.16. The van der Waals surface area contributed by atoms with Crippen molar-refractivity contribution in [2.45, 2.75) is 69.7 Å². The summed E-state index contributed by atoms with van der Waals surface area (Å²) in [6.45, 7) is 2.97. The molecule has 0 aromatic heterocycles. The van der Waals surface area contributed by atoms with Gasteiger partial charge in [0, 0.05) is 32.0 Å². The van der Waals surface area contributed by atoms with Gasteiger partial charge in [-0.05, 0) is 50.3 Å². The molecule has 9 nitrogen and oxygen atoms in total. The number of aliphatic hydroxyl groups excluding tert-OH is 1. The number of hydrogen-bond donors (Lipinski definition) is 2. The zero-order valence-corrected chi connectivity index (χ0v) is 21.2. The topological polar surface area (TPSA) is 108 Å². The number of carbonyl (C=O) groups excluding carboxylic acids is 3. The molecule has 1 aromatic carbocycles. The summed E-state index contributed by atoms with van der Waals surface area (Å²) < 4.78 is 10.5. The van der Waals surface area contributed by atoms with Crippen LogP contribution in [0.15, 0.2) is 36.4 Å². The smallest absolute Gasteiger partial charge is 0.332 e. The van der Waals surface area contributed by atoms with E-state index in [2.05, 4.69) is 11.4 Å². The van der Waals surface area contributed by atoms with Crippen LogP contribution < -0.4 is 10.1 Å². The number of fused-ring (bicyclic) bond motifs is 2. The average molecular weight is 500 g/mol. The maximum atomic E-state index is 13.7. The summed E-state index contributed by atoms with van der Waals surface area (Å²) in [5.74, 6) is -0.269. The van der Waals surface area contributed by atoms with Gasteiger partial charge in [0.25, 0.3) is 0 Å². The predicted octanol–water partition coefficient (Wildman–Crippen LogP) is 2.62. The Morgan fingerprint density at radius 3 is 2.69 bits per heavy atom. The zero-order chi connectivity index (χ0) is 25.7. The SMILES string of the molecule is CCOC(=O)[C@@]12C[C@@H]1/C=C\CCCCCN(Cc1ccc(OC)cc1)C(=O)N1C[C@H](O)C[C@H]1C(=O)N2. The lowest BCUT2D eigenvalue weighted by molar-refractivity contribution is -0.149. The molecular weight excluding hydrogens is 462 g/mol. The number of aliphatic hydroxyl groups is 1. The third-order valence-corrected chi connectivity index (χ3v) is 7.30. The minimum absolute atomic E-state index is 0.0752. The molecule has 2 heterocycles. The van der Waals surface area contributed by atoms with E-state index < -0.39 is 29.6 Å². The summed E-state index contributed by atoms with van der Waals surface area (Å²) in [5, 5.41) is 13.3. The molecule has 196 valence electrons. The standard InChI is InChI=1S/C27H37N3O6/c1-3-36-25(33)27-16-20(27)9-7-5-4-6-8-14-29(17-19-10-12-22(35-2)13-11-19)26(34)30-18-21(31)15-23(30)24(32)28-27/h7,9-13,20-21,23,31H,3-6,8,14-18H2,1-2H3,(H,28,32)/b9-7-/t20-,21+,23-,27+/m0/s1. The normalized spacial score (nSPS) is 29.8. The Labute approximate surface area is 212 Å². The molecule has 2 fully saturated rings. The quantitative estimate of drug-likeness (QED) is 0.476. The van der Waals surface area contributed by atoms with Crippen LogP contribution in [0, 0.1) is 5.92 Å². The van der Waals surface area contributed by atoms with Crippen LogP contribution in [0.25, 0.3) is 0 Å². The first-order valence-corrected chi connectivity index (χ1v) is 12.9. The van der Waals surface area contributed by atoms with E-state index in [1.54, 1.807) is 18.9 Å². The maximum Gasteiger partial charge on any atom is 0.332 e. The number of rotatable bonds is 5. The van der Waals surface area contributed by atoms with Crippen molar-refractivity contribution in [3.05, 3.63) is 42.0 Å². The highest BCUT2D eigenvalue weighted by Crippen LogP contribution is 2.46. The van der Waals surface area contributed by atoms with Crippen molar-refractivity contribution < 1.29 is 29.0 Å². The van der Waals surface area contributed by atoms with Gasteiger partial charge in [-0.2, -0.15) is 0 Å². The van der Waals surface area contributed by atoms with Crippen LogP contribution in [-0.4, -0.2) is 77.3 Å². The predicted molar refractivity (Wildman–Crippen MR) is 133 cm³/mol. The Balaban J connectivity index is 1.58. The summed E-state index contributed by atoms with van der Waals surface area (Å²) in [5.41, 5.74) is -0.151. The summed E-state index contributed by atoms with van der Waals surface area (Å²) in [4.78, 5) is 43.2. The van der Waals surface area contributed by atoms with Gasteiger partial charge in [0.15, 0.2) is 0 Å². The van der Waals surface area contributed by atoms with E-state index in [4.69, 9.17) is 9.47 Å². The Kier molecular flexibility index (Phi) is 8.18. The monoisotopic (exact) mass is 499 g/mol.